The maximum Gasteiger partial charge on any atom is 0.253 e. The molecule has 0 spiro atoms. The highest BCUT2D eigenvalue weighted by Crippen LogP contribution is 2.22. The summed E-state index contributed by atoms with van der Waals surface area (Å²) < 4.78 is 7.96. The van der Waals surface area contributed by atoms with Crippen LogP contribution in [-0.4, -0.2) is 40.1 Å². The number of ether oxygens (including phenoxy) is 1. The Balaban J connectivity index is 1.55. The Bertz CT molecular complexity index is 730. The Morgan fingerprint density at radius 1 is 1.31 bits per heavy atom. The number of likely N-dealkylation sites (tertiary alicyclic amines) is 1. The van der Waals surface area contributed by atoms with Gasteiger partial charge in [-0.3, -0.25) is 4.79 Å². The Morgan fingerprint density at radius 3 is 2.73 bits per heavy atom. The first kappa shape index (κ1) is 18.5. The average molecular weight is 355 g/mol. The lowest BCUT2D eigenvalue weighted by Gasteiger charge is -2.32. The molecule has 0 aliphatic carbocycles. The predicted molar refractivity (Wildman–Crippen MR) is 102 cm³/mol. The molecule has 1 aliphatic heterocycles. The molecule has 1 saturated heterocycles. The highest BCUT2D eigenvalue weighted by molar-refractivity contribution is 5.94. The van der Waals surface area contributed by atoms with E-state index in [1.54, 1.807) is 0 Å². The number of imidazole rings is 1. The van der Waals surface area contributed by atoms with E-state index in [0.29, 0.717) is 18.4 Å². The van der Waals surface area contributed by atoms with Crippen LogP contribution in [0.3, 0.4) is 0 Å². The van der Waals surface area contributed by atoms with Gasteiger partial charge in [-0.25, -0.2) is 4.98 Å². The summed E-state index contributed by atoms with van der Waals surface area (Å²) in [6, 6.07) is 7.56. The van der Waals surface area contributed by atoms with Crippen molar-refractivity contribution in [2.24, 2.45) is 11.8 Å². The van der Waals surface area contributed by atoms with Gasteiger partial charge in [0.15, 0.2) is 0 Å². The molecule has 0 N–H and O–H groups in total. The number of carbonyl (C=O) groups excluding carboxylic acids is 1. The van der Waals surface area contributed by atoms with Gasteiger partial charge in [-0.05, 0) is 49.8 Å². The number of aromatic nitrogens is 2. The lowest BCUT2D eigenvalue weighted by molar-refractivity contribution is 0.0682. The highest BCUT2D eigenvalue weighted by Gasteiger charge is 2.24. The topological polar surface area (TPSA) is 47.4 Å². The number of nitrogens with zero attached hydrogens (tertiary/aromatic N) is 3. The van der Waals surface area contributed by atoms with Crippen molar-refractivity contribution in [3.05, 3.63) is 48.0 Å². The zero-order chi connectivity index (χ0) is 18.5. The number of hydrogen-bond acceptors (Lipinski definition) is 3. The average Bonchev–Trinajstić information content (AvgIpc) is 3.05. The summed E-state index contributed by atoms with van der Waals surface area (Å²) in [4.78, 5) is 19.1. The van der Waals surface area contributed by atoms with Crippen molar-refractivity contribution in [1.29, 1.82) is 0 Å². The summed E-state index contributed by atoms with van der Waals surface area (Å²) in [5.41, 5.74) is 0.718. The third-order valence-electron chi connectivity index (χ3n) is 4.94. The van der Waals surface area contributed by atoms with Crippen LogP contribution >= 0.6 is 0 Å². The first-order chi connectivity index (χ1) is 12.5. The minimum atomic E-state index is 0.109. The number of piperidine rings is 1. The Kier molecular flexibility index (Phi) is 5.96. The quantitative estimate of drug-likeness (QED) is 0.792. The summed E-state index contributed by atoms with van der Waals surface area (Å²) >= 11 is 0. The lowest BCUT2D eigenvalue weighted by Crippen LogP contribution is -2.39. The molecular weight excluding hydrogens is 326 g/mol. The van der Waals surface area contributed by atoms with Crippen LogP contribution in [0, 0.1) is 18.8 Å². The molecule has 1 aromatic heterocycles. The van der Waals surface area contributed by atoms with Crippen LogP contribution in [0.4, 0.5) is 0 Å². The third-order valence-corrected chi connectivity index (χ3v) is 4.94. The monoisotopic (exact) mass is 355 g/mol. The fraction of sp³-hybridized carbons (Fsp3) is 0.524. The van der Waals surface area contributed by atoms with E-state index >= 15 is 0 Å². The normalized spacial score (nSPS) is 15.5. The number of benzene rings is 1. The van der Waals surface area contributed by atoms with Crippen molar-refractivity contribution in [1.82, 2.24) is 14.5 Å². The van der Waals surface area contributed by atoms with Crippen molar-refractivity contribution < 1.29 is 9.53 Å². The van der Waals surface area contributed by atoms with E-state index in [1.165, 1.54) is 0 Å². The van der Waals surface area contributed by atoms with Crippen molar-refractivity contribution in [3.63, 3.8) is 0 Å². The van der Waals surface area contributed by atoms with Crippen molar-refractivity contribution in [3.8, 4) is 5.75 Å². The minimum Gasteiger partial charge on any atom is -0.493 e. The van der Waals surface area contributed by atoms with Crippen LogP contribution in [0.5, 0.6) is 5.75 Å². The van der Waals surface area contributed by atoms with Gasteiger partial charge >= 0.3 is 0 Å². The van der Waals surface area contributed by atoms with Gasteiger partial charge in [-0.2, -0.15) is 0 Å². The van der Waals surface area contributed by atoms with Crippen molar-refractivity contribution >= 4 is 5.91 Å². The molecule has 5 heteroatoms. The van der Waals surface area contributed by atoms with Gasteiger partial charge in [0.1, 0.15) is 11.6 Å². The number of amides is 1. The highest BCUT2D eigenvalue weighted by atomic mass is 16.5. The lowest BCUT2D eigenvalue weighted by atomic mass is 9.96. The SMILES string of the molecule is Cc1nccn1CC1CCN(C(=O)c2cccc(OCC(C)C)c2)CC1. The summed E-state index contributed by atoms with van der Waals surface area (Å²) in [6.45, 7) is 9.55. The molecule has 0 saturated carbocycles. The number of aryl methyl sites for hydroxylation is 1. The fourth-order valence-corrected chi connectivity index (χ4v) is 3.36. The van der Waals surface area contributed by atoms with Gasteiger partial charge < -0.3 is 14.2 Å². The molecule has 1 aliphatic rings. The molecule has 0 unspecified atom stereocenters. The molecule has 0 radical (unpaired) electrons. The molecule has 2 heterocycles. The van der Waals surface area contributed by atoms with Gasteiger partial charge in [0, 0.05) is 37.6 Å². The van der Waals surface area contributed by atoms with Gasteiger partial charge in [-0.15, -0.1) is 0 Å². The molecule has 0 bridgehead atoms. The van der Waals surface area contributed by atoms with E-state index in [0.717, 1.165) is 49.6 Å². The standard InChI is InChI=1S/C21H29N3O2/c1-16(2)15-26-20-6-4-5-19(13-20)21(25)23-10-7-18(8-11-23)14-24-12-9-22-17(24)3/h4-6,9,12-13,16,18H,7-8,10-11,14-15H2,1-3H3. The molecule has 2 aromatic rings. The van der Waals surface area contributed by atoms with Gasteiger partial charge in [0.25, 0.3) is 5.91 Å². The summed E-state index contributed by atoms with van der Waals surface area (Å²) in [5.74, 6) is 3.01. The Hall–Kier alpha value is -2.30. The van der Waals surface area contributed by atoms with E-state index in [-0.39, 0.29) is 5.91 Å². The van der Waals surface area contributed by atoms with E-state index < -0.39 is 0 Å². The largest absolute Gasteiger partial charge is 0.493 e. The second-order valence-electron chi connectivity index (χ2n) is 7.60. The first-order valence-electron chi connectivity index (χ1n) is 9.53. The van der Waals surface area contributed by atoms with Crippen LogP contribution in [0.1, 0.15) is 42.9 Å². The second-order valence-corrected chi connectivity index (χ2v) is 7.60. The third kappa shape index (κ3) is 4.65. The predicted octanol–water partition coefficient (Wildman–Crippen LogP) is 3.78. The van der Waals surface area contributed by atoms with Crippen LogP contribution in [0.25, 0.3) is 0 Å². The maximum absolute atomic E-state index is 12.8. The van der Waals surface area contributed by atoms with Crippen molar-refractivity contribution in [2.45, 2.75) is 40.2 Å². The van der Waals surface area contributed by atoms with Crippen LogP contribution in [-0.2, 0) is 6.54 Å². The van der Waals surface area contributed by atoms with E-state index in [4.69, 9.17) is 4.74 Å². The zero-order valence-corrected chi connectivity index (χ0v) is 16.0. The van der Waals surface area contributed by atoms with Gasteiger partial charge in [0.05, 0.1) is 6.61 Å². The molecule has 3 rings (SSSR count). The van der Waals surface area contributed by atoms with E-state index in [2.05, 4.69) is 23.4 Å². The fourth-order valence-electron chi connectivity index (χ4n) is 3.36. The zero-order valence-electron chi connectivity index (χ0n) is 16.0. The number of carbonyl (C=O) groups is 1. The Labute approximate surface area is 156 Å². The number of rotatable bonds is 6. The maximum atomic E-state index is 12.8. The number of hydrogen-bond donors (Lipinski definition) is 0. The van der Waals surface area contributed by atoms with Gasteiger partial charge in [0.2, 0.25) is 0 Å². The van der Waals surface area contributed by atoms with E-state index in [1.807, 2.05) is 48.5 Å². The second kappa shape index (κ2) is 8.39. The summed E-state index contributed by atoms with van der Waals surface area (Å²) in [6.07, 6.45) is 5.96. The molecule has 5 nitrogen and oxygen atoms in total. The molecular formula is C21H29N3O2. The van der Waals surface area contributed by atoms with Crippen LogP contribution in [0.15, 0.2) is 36.7 Å². The van der Waals surface area contributed by atoms with Crippen LogP contribution < -0.4 is 4.74 Å². The van der Waals surface area contributed by atoms with Gasteiger partial charge in [-0.1, -0.05) is 19.9 Å². The van der Waals surface area contributed by atoms with Crippen molar-refractivity contribution in [2.75, 3.05) is 19.7 Å². The summed E-state index contributed by atoms with van der Waals surface area (Å²) in [7, 11) is 0. The molecule has 140 valence electrons. The smallest absolute Gasteiger partial charge is 0.253 e. The molecule has 1 amide bonds. The minimum absolute atomic E-state index is 0.109. The molecule has 1 fully saturated rings. The Morgan fingerprint density at radius 2 is 2.08 bits per heavy atom. The molecule has 0 atom stereocenters. The first-order valence-corrected chi connectivity index (χ1v) is 9.53. The van der Waals surface area contributed by atoms with E-state index in [9.17, 15) is 4.79 Å². The van der Waals surface area contributed by atoms with Crippen LogP contribution in [0.2, 0.25) is 0 Å². The molecule has 26 heavy (non-hydrogen) atoms. The summed E-state index contributed by atoms with van der Waals surface area (Å²) in [5, 5.41) is 0. The molecule has 1 aromatic carbocycles.